The molecule has 0 radical (unpaired) electrons. The van der Waals surface area contributed by atoms with Crippen LogP contribution in [-0.4, -0.2) is 37.4 Å². The van der Waals surface area contributed by atoms with Gasteiger partial charge in [-0.05, 0) is 18.9 Å². The zero-order valence-electron chi connectivity index (χ0n) is 21.1. The first-order valence-electron chi connectivity index (χ1n) is 12.6. The van der Waals surface area contributed by atoms with E-state index in [-0.39, 0.29) is 35.6 Å². The van der Waals surface area contributed by atoms with Crippen LogP contribution in [-0.2, 0) is 16.5 Å². The molecule has 0 saturated heterocycles. The van der Waals surface area contributed by atoms with E-state index in [2.05, 4.69) is 6.92 Å². The molecule has 1 unspecified atom stereocenters. The lowest BCUT2D eigenvalue weighted by atomic mass is 10.0. The minimum absolute atomic E-state index is 0.159. The molecular weight excluding hydrogens is 458 g/mol. The van der Waals surface area contributed by atoms with Gasteiger partial charge in [0.2, 0.25) is 0 Å². The van der Waals surface area contributed by atoms with Gasteiger partial charge in [0.05, 0.1) is 30.5 Å². The molecular formula is C25H43NO7S. The molecule has 9 heteroatoms. The summed E-state index contributed by atoms with van der Waals surface area (Å²) in [6, 6.07) is 2.64. The largest absolute Gasteiger partial charge is 0.493 e. The van der Waals surface area contributed by atoms with E-state index in [1.807, 2.05) is 0 Å². The highest BCUT2D eigenvalue weighted by atomic mass is 32.2. The number of rotatable bonds is 20. The average Bonchev–Trinajstić information content (AvgIpc) is 2.79. The summed E-state index contributed by atoms with van der Waals surface area (Å²) in [5.41, 5.74) is -0.0587. The molecule has 1 aromatic carbocycles. The van der Waals surface area contributed by atoms with E-state index in [0.29, 0.717) is 6.42 Å². The van der Waals surface area contributed by atoms with Crippen molar-refractivity contribution in [1.29, 1.82) is 0 Å². The lowest BCUT2D eigenvalue weighted by Gasteiger charge is -2.16. The second-order valence-electron chi connectivity index (χ2n) is 8.97. The number of hydrogen-bond acceptors (Lipinski definition) is 6. The predicted octanol–water partition coefficient (Wildman–Crippen LogP) is 6.89. The summed E-state index contributed by atoms with van der Waals surface area (Å²) in [4.78, 5) is 10.9. The van der Waals surface area contributed by atoms with E-state index in [9.17, 15) is 23.1 Å². The standard InChI is InChI=1S/C25H43NO7S/c1-4-5-6-7-8-9-10-11-12-13-14-15-16-17-22(34(29,30)31)18-21-19-24(32-2)25(33-3)20-23(21)26(27)28/h19-20,22H,4-18H2,1-3H3,(H,29,30,31). The van der Waals surface area contributed by atoms with E-state index in [4.69, 9.17) is 9.47 Å². The van der Waals surface area contributed by atoms with E-state index < -0.39 is 20.3 Å². The molecule has 0 fully saturated rings. The second kappa shape index (κ2) is 16.7. The molecule has 0 saturated carbocycles. The maximum atomic E-state index is 12.0. The van der Waals surface area contributed by atoms with Crippen molar-refractivity contribution in [1.82, 2.24) is 0 Å². The Labute approximate surface area is 205 Å². The van der Waals surface area contributed by atoms with Crippen LogP contribution >= 0.6 is 0 Å². The first-order chi connectivity index (χ1) is 16.2. The van der Waals surface area contributed by atoms with Crippen LogP contribution in [0.5, 0.6) is 11.5 Å². The van der Waals surface area contributed by atoms with Crippen molar-refractivity contribution in [2.24, 2.45) is 0 Å². The van der Waals surface area contributed by atoms with Crippen LogP contribution in [0.15, 0.2) is 12.1 Å². The van der Waals surface area contributed by atoms with Gasteiger partial charge in [0.1, 0.15) is 0 Å². The second-order valence-corrected chi connectivity index (χ2v) is 10.7. The van der Waals surface area contributed by atoms with Gasteiger partial charge >= 0.3 is 0 Å². The maximum absolute atomic E-state index is 12.0. The Kier molecular flexibility index (Phi) is 14.8. The summed E-state index contributed by atoms with van der Waals surface area (Å²) in [6.07, 6.45) is 15.4. The fourth-order valence-electron chi connectivity index (χ4n) is 4.24. The summed E-state index contributed by atoms with van der Waals surface area (Å²) < 4.78 is 44.0. The summed E-state index contributed by atoms with van der Waals surface area (Å²) in [5.74, 6) is 0.469. The quantitative estimate of drug-likeness (QED) is 0.0894. The summed E-state index contributed by atoms with van der Waals surface area (Å²) in [6.45, 7) is 2.23. The molecule has 0 amide bonds. The molecule has 1 rings (SSSR count). The maximum Gasteiger partial charge on any atom is 0.276 e. The molecule has 34 heavy (non-hydrogen) atoms. The van der Waals surface area contributed by atoms with Gasteiger partial charge < -0.3 is 9.47 Å². The number of unbranched alkanes of at least 4 members (excludes halogenated alkanes) is 12. The van der Waals surface area contributed by atoms with Crippen molar-refractivity contribution in [3.05, 3.63) is 27.8 Å². The van der Waals surface area contributed by atoms with Gasteiger partial charge in [0.15, 0.2) is 11.5 Å². The van der Waals surface area contributed by atoms with Crippen molar-refractivity contribution in [3.63, 3.8) is 0 Å². The molecule has 1 atom stereocenters. The van der Waals surface area contributed by atoms with Crippen LogP contribution in [0.2, 0.25) is 0 Å². The van der Waals surface area contributed by atoms with Crippen molar-refractivity contribution in [2.75, 3.05) is 14.2 Å². The SMILES string of the molecule is CCCCCCCCCCCCCCCC(Cc1cc(OC)c(OC)cc1[N+](=O)[O-])S(=O)(=O)O. The van der Waals surface area contributed by atoms with E-state index in [0.717, 1.165) is 19.3 Å². The van der Waals surface area contributed by atoms with Gasteiger partial charge in [-0.1, -0.05) is 90.4 Å². The number of hydrogen-bond donors (Lipinski definition) is 1. The number of nitro groups is 1. The normalized spacial score (nSPS) is 12.5. The average molecular weight is 502 g/mol. The van der Waals surface area contributed by atoms with Gasteiger partial charge in [-0.15, -0.1) is 0 Å². The van der Waals surface area contributed by atoms with Gasteiger partial charge in [-0.3, -0.25) is 14.7 Å². The first kappa shape index (κ1) is 30.2. The Morgan fingerprint density at radius 3 is 1.71 bits per heavy atom. The Morgan fingerprint density at radius 1 is 0.853 bits per heavy atom. The molecule has 1 aromatic rings. The highest BCUT2D eigenvalue weighted by molar-refractivity contribution is 7.86. The van der Waals surface area contributed by atoms with Crippen molar-refractivity contribution >= 4 is 15.8 Å². The summed E-state index contributed by atoms with van der Waals surface area (Å²) in [5, 5.41) is 10.4. The molecule has 0 aliphatic rings. The predicted molar refractivity (Wildman–Crippen MR) is 136 cm³/mol. The van der Waals surface area contributed by atoms with Gasteiger partial charge in [-0.2, -0.15) is 8.42 Å². The van der Waals surface area contributed by atoms with Crippen LogP contribution in [0.3, 0.4) is 0 Å². The highest BCUT2D eigenvalue weighted by Gasteiger charge is 2.28. The van der Waals surface area contributed by atoms with Gasteiger partial charge in [-0.25, -0.2) is 0 Å². The third-order valence-electron chi connectivity index (χ3n) is 6.28. The molecule has 0 aliphatic carbocycles. The van der Waals surface area contributed by atoms with Crippen molar-refractivity contribution < 1.29 is 27.4 Å². The fourth-order valence-corrected chi connectivity index (χ4v) is 5.09. The van der Waals surface area contributed by atoms with Crippen LogP contribution in [0.1, 0.15) is 102 Å². The minimum atomic E-state index is -4.35. The van der Waals surface area contributed by atoms with E-state index >= 15 is 0 Å². The van der Waals surface area contributed by atoms with Crippen molar-refractivity contribution in [3.8, 4) is 11.5 Å². The molecule has 0 bridgehead atoms. The molecule has 0 aliphatic heterocycles. The molecule has 0 aromatic heterocycles. The number of methoxy groups -OCH3 is 2. The number of nitro benzene ring substituents is 1. The Morgan fingerprint density at radius 2 is 1.29 bits per heavy atom. The Hall–Kier alpha value is -1.87. The van der Waals surface area contributed by atoms with E-state index in [1.165, 1.54) is 84.1 Å². The van der Waals surface area contributed by atoms with Crippen molar-refractivity contribution in [2.45, 2.75) is 108 Å². The molecule has 196 valence electrons. The third kappa shape index (κ3) is 11.5. The summed E-state index contributed by atoms with van der Waals surface area (Å²) >= 11 is 0. The lowest BCUT2D eigenvalue weighted by molar-refractivity contribution is -0.385. The number of nitrogens with zero attached hydrogens (tertiary/aromatic N) is 1. The highest BCUT2D eigenvalue weighted by Crippen LogP contribution is 2.36. The zero-order valence-corrected chi connectivity index (χ0v) is 21.9. The van der Waals surface area contributed by atoms with E-state index in [1.54, 1.807) is 0 Å². The third-order valence-corrected chi connectivity index (χ3v) is 7.52. The van der Waals surface area contributed by atoms with Crippen LogP contribution in [0.25, 0.3) is 0 Å². The van der Waals surface area contributed by atoms with Crippen LogP contribution in [0, 0.1) is 10.1 Å². The fraction of sp³-hybridized carbons (Fsp3) is 0.760. The number of benzene rings is 1. The minimum Gasteiger partial charge on any atom is -0.493 e. The summed E-state index contributed by atoms with van der Waals surface area (Å²) in [7, 11) is -1.58. The first-order valence-corrected chi connectivity index (χ1v) is 14.1. The monoisotopic (exact) mass is 501 g/mol. The Bertz CT molecular complexity index is 827. The molecule has 1 N–H and O–H groups in total. The van der Waals surface area contributed by atoms with Crippen LogP contribution < -0.4 is 9.47 Å². The Balaban J connectivity index is 2.48. The van der Waals surface area contributed by atoms with Gasteiger partial charge in [0.25, 0.3) is 15.8 Å². The molecule has 0 heterocycles. The lowest BCUT2D eigenvalue weighted by Crippen LogP contribution is -2.23. The van der Waals surface area contributed by atoms with Gasteiger partial charge in [0, 0.05) is 5.56 Å². The number of ether oxygens (including phenoxy) is 2. The smallest absolute Gasteiger partial charge is 0.276 e. The zero-order chi connectivity index (χ0) is 25.4. The van der Waals surface area contributed by atoms with Crippen LogP contribution in [0.4, 0.5) is 5.69 Å². The molecule has 8 nitrogen and oxygen atoms in total. The topological polar surface area (TPSA) is 116 Å². The molecule has 0 spiro atoms.